The predicted octanol–water partition coefficient (Wildman–Crippen LogP) is 3.11. The van der Waals surface area contributed by atoms with Gasteiger partial charge in [-0.1, -0.05) is 18.2 Å². The normalized spacial score (nSPS) is 11.7. The Labute approximate surface area is 88.6 Å². The van der Waals surface area contributed by atoms with Crippen molar-refractivity contribution in [3.63, 3.8) is 0 Å². The van der Waals surface area contributed by atoms with Gasteiger partial charge in [-0.25, -0.2) is 0 Å². The number of nitrogens with one attached hydrogen (secondary N) is 1. The topological polar surface area (TPSA) is 12.0 Å². The first-order chi connectivity index (χ1) is 4.97. The quantitative estimate of drug-likeness (QED) is 0.677. The molecule has 1 heterocycles. The third kappa shape index (κ3) is 2.34. The monoisotopic (exact) mass is 221 g/mol. The van der Waals surface area contributed by atoms with Crippen molar-refractivity contribution in [3.8, 4) is 0 Å². The summed E-state index contributed by atoms with van der Waals surface area (Å²) in [6.45, 7) is 0. The Hall–Kier alpha value is -0.310. The molecular weight excluding hydrogens is 213 g/mol. The molecule has 1 nitrogen and oxygen atoms in total. The zero-order valence-electron chi connectivity index (χ0n) is 6.19. The fraction of sp³-hybridized carbons (Fsp3) is 0. The van der Waals surface area contributed by atoms with E-state index in [1.165, 1.54) is 10.5 Å². The second-order valence-corrected chi connectivity index (χ2v) is 2.97. The third-order valence-electron chi connectivity index (χ3n) is 1.42. The van der Waals surface area contributed by atoms with Gasteiger partial charge >= 0.3 is 0 Å². The van der Waals surface area contributed by atoms with Crippen LogP contribution in [0.5, 0.6) is 0 Å². The Bertz CT molecular complexity index is 276. The standard InChI is InChI=1S/C8H7NS.2ClH/c1-2-4-8-7(3-1)5-6-9-10-8;;/h1-6,9H;2*1H. The molecule has 0 saturated carbocycles. The minimum atomic E-state index is 0. The molecule has 66 valence electrons. The van der Waals surface area contributed by atoms with Gasteiger partial charge in [0.25, 0.3) is 0 Å². The Morgan fingerprint density at radius 2 is 1.83 bits per heavy atom. The van der Waals surface area contributed by atoms with Gasteiger partial charge in [0, 0.05) is 11.1 Å². The van der Waals surface area contributed by atoms with E-state index in [1.807, 2.05) is 12.3 Å². The van der Waals surface area contributed by atoms with Gasteiger partial charge < -0.3 is 4.72 Å². The average Bonchev–Trinajstić information content (AvgIpc) is 2.05. The molecule has 4 heteroatoms. The summed E-state index contributed by atoms with van der Waals surface area (Å²) in [6, 6.07) is 8.32. The number of hydrogen-bond donors (Lipinski definition) is 1. The summed E-state index contributed by atoms with van der Waals surface area (Å²) in [5, 5.41) is 0. The Morgan fingerprint density at radius 3 is 2.58 bits per heavy atom. The largest absolute Gasteiger partial charge is 0.332 e. The van der Waals surface area contributed by atoms with Crippen molar-refractivity contribution in [2.75, 3.05) is 0 Å². The summed E-state index contributed by atoms with van der Waals surface area (Å²) in [6.07, 6.45) is 4.03. The first-order valence-electron chi connectivity index (χ1n) is 3.15. The van der Waals surface area contributed by atoms with Crippen molar-refractivity contribution in [1.82, 2.24) is 4.72 Å². The minimum Gasteiger partial charge on any atom is -0.332 e. The van der Waals surface area contributed by atoms with Gasteiger partial charge in [-0.3, -0.25) is 0 Å². The Kier molecular flexibility index (Phi) is 5.22. The lowest BCUT2D eigenvalue weighted by Crippen LogP contribution is -1.96. The smallest absolute Gasteiger partial charge is 0.0357 e. The summed E-state index contributed by atoms with van der Waals surface area (Å²) in [7, 11) is 0. The van der Waals surface area contributed by atoms with E-state index < -0.39 is 0 Å². The Balaban J connectivity index is 0.000000605. The molecule has 1 N–H and O–H groups in total. The van der Waals surface area contributed by atoms with Crippen LogP contribution in [0.3, 0.4) is 0 Å². The predicted molar refractivity (Wildman–Crippen MR) is 59.0 cm³/mol. The lowest BCUT2D eigenvalue weighted by atomic mass is 10.2. The van der Waals surface area contributed by atoms with E-state index in [0.29, 0.717) is 0 Å². The highest BCUT2D eigenvalue weighted by Crippen LogP contribution is 2.23. The fourth-order valence-electron chi connectivity index (χ4n) is 0.932. The number of rotatable bonds is 0. The molecule has 0 unspecified atom stereocenters. The minimum absolute atomic E-state index is 0. The van der Waals surface area contributed by atoms with Crippen LogP contribution < -0.4 is 4.72 Å². The molecule has 0 amide bonds. The average molecular weight is 222 g/mol. The zero-order chi connectivity index (χ0) is 6.81. The van der Waals surface area contributed by atoms with E-state index in [2.05, 4.69) is 29.0 Å². The van der Waals surface area contributed by atoms with Crippen LogP contribution in [0.25, 0.3) is 6.08 Å². The van der Waals surface area contributed by atoms with Crippen LogP contribution in [0.4, 0.5) is 0 Å². The molecule has 1 aromatic rings. The molecule has 0 aromatic heterocycles. The molecule has 0 spiro atoms. The van der Waals surface area contributed by atoms with Crippen molar-refractivity contribution >= 4 is 42.8 Å². The molecule has 0 fully saturated rings. The van der Waals surface area contributed by atoms with E-state index in [-0.39, 0.29) is 24.8 Å². The van der Waals surface area contributed by atoms with Gasteiger partial charge in [0.05, 0.1) is 0 Å². The van der Waals surface area contributed by atoms with Gasteiger partial charge in [0.15, 0.2) is 0 Å². The molecule has 1 aliphatic heterocycles. The second kappa shape index (κ2) is 5.36. The maximum absolute atomic E-state index is 3.08. The number of fused-ring (bicyclic) bond motifs is 1. The molecule has 0 aliphatic carbocycles. The first kappa shape index (κ1) is 11.7. The van der Waals surface area contributed by atoms with Crippen molar-refractivity contribution in [1.29, 1.82) is 0 Å². The van der Waals surface area contributed by atoms with Crippen LogP contribution in [0.1, 0.15) is 5.56 Å². The van der Waals surface area contributed by atoms with E-state index in [0.717, 1.165) is 0 Å². The van der Waals surface area contributed by atoms with Crippen LogP contribution in [0.2, 0.25) is 0 Å². The van der Waals surface area contributed by atoms with Crippen molar-refractivity contribution < 1.29 is 0 Å². The summed E-state index contributed by atoms with van der Waals surface area (Å²) in [4.78, 5) is 1.30. The molecule has 1 aromatic carbocycles. The van der Waals surface area contributed by atoms with Crippen molar-refractivity contribution in [2.45, 2.75) is 4.90 Å². The summed E-state index contributed by atoms with van der Waals surface area (Å²) in [5.41, 5.74) is 1.30. The van der Waals surface area contributed by atoms with E-state index >= 15 is 0 Å². The van der Waals surface area contributed by atoms with Crippen molar-refractivity contribution in [3.05, 3.63) is 36.0 Å². The maximum atomic E-state index is 3.08. The molecular formula is C8H9Cl2NS. The zero-order valence-corrected chi connectivity index (χ0v) is 8.64. The molecule has 1 aliphatic rings. The summed E-state index contributed by atoms with van der Waals surface area (Å²) in [5.74, 6) is 0. The number of hydrogen-bond acceptors (Lipinski definition) is 2. The molecule has 0 radical (unpaired) electrons. The van der Waals surface area contributed by atoms with Crippen LogP contribution in [-0.4, -0.2) is 0 Å². The molecule has 0 atom stereocenters. The van der Waals surface area contributed by atoms with Gasteiger partial charge in [-0.05, 0) is 29.7 Å². The molecule has 2 rings (SSSR count). The lowest BCUT2D eigenvalue weighted by molar-refractivity contribution is 1.32. The highest BCUT2D eigenvalue weighted by molar-refractivity contribution is 7.97. The summed E-state index contributed by atoms with van der Waals surface area (Å²) < 4.78 is 3.08. The first-order valence-corrected chi connectivity index (χ1v) is 3.96. The second-order valence-electron chi connectivity index (χ2n) is 2.09. The van der Waals surface area contributed by atoms with Gasteiger partial charge in [-0.15, -0.1) is 24.8 Å². The van der Waals surface area contributed by atoms with Gasteiger partial charge in [0.2, 0.25) is 0 Å². The van der Waals surface area contributed by atoms with Crippen LogP contribution in [-0.2, 0) is 0 Å². The van der Waals surface area contributed by atoms with Crippen molar-refractivity contribution in [2.24, 2.45) is 0 Å². The van der Waals surface area contributed by atoms with E-state index in [9.17, 15) is 0 Å². The fourth-order valence-corrected chi connectivity index (χ4v) is 1.60. The van der Waals surface area contributed by atoms with Crippen LogP contribution >= 0.6 is 36.8 Å². The SMILES string of the molecule is C1=Cc2ccccc2SN1.Cl.Cl. The van der Waals surface area contributed by atoms with Crippen LogP contribution in [0.15, 0.2) is 35.4 Å². The van der Waals surface area contributed by atoms with Gasteiger partial charge in [0.1, 0.15) is 0 Å². The lowest BCUT2D eigenvalue weighted by Gasteiger charge is -2.08. The molecule has 0 bridgehead atoms. The Morgan fingerprint density at radius 1 is 1.08 bits per heavy atom. The maximum Gasteiger partial charge on any atom is 0.0357 e. The third-order valence-corrected chi connectivity index (χ3v) is 2.26. The molecule has 0 saturated heterocycles. The molecule has 12 heavy (non-hydrogen) atoms. The number of benzene rings is 1. The highest BCUT2D eigenvalue weighted by atomic mass is 35.5. The van der Waals surface area contributed by atoms with Crippen LogP contribution in [0, 0.1) is 0 Å². The van der Waals surface area contributed by atoms with E-state index in [1.54, 1.807) is 11.9 Å². The highest BCUT2D eigenvalue weighted by Gasteiger charge is 2.00. The number of halogens is 2. The summed E-state index contributed by atoms with van der Waals surface area (Å²) >= 11 is 1.65. The van der Waals surface area contributed by atoms with E-state index in [4.69, 9.17) is 0 Å². The van der Waals surface area contributed by atoms with Gasteiger partial charge in [-0.2, -0.15) is 0 Å².